The van der Waals surface area contributed by atoms with E-state index in [1.54, 1.807) is 0 Å². The van der Waals surface area contributed by atoms with Gasteiger partial charge in [0, 0.05) is 17.0 Å². The quantitative estimate of drug-likeness (QED) is 0.729. The minimum atomic E-state index is -0.386. The number of hydrogen-bond donors (Lipinski definition) is 1. The second kappa shape index (κ2) is 5.65. The van der Waals surface area contributed by atoms with Crippen LogP contribution in [-0.4, -0.2) is 35.7 Å². The molecule has 3 saturated carbocycles. The van der Waals surface area contributed by atoms with Crippen molar-refractivity contribution >= 4 is 17.7 Å². The average Bonchev–Trinajstić information content (AvgIpc) is 3.34. The van der Waals surface area contributed by atoms with Crippen LogP contribution in [0.5, 0.6) is 0 Å². The van der Waals surface area contributed by atoms with Crippen LogP contribution >= 0.6 is 11.8 Å². The van der Waals surface area contributed by atoms with Crippen molar-refractivity contribution in [3.63, 3.8) is 0 Å². The Labute approximate surface area is 120 Å². The van der Waals surface area contributed by atoms with E-state index in [1.807, 2.05) is 11.8 Å². The van der Waals surface area contributed by atoms with Crippen LogP contribution in [0.3, 0.4) is 0 Å². The third-order valence-corrected chi connectivity index (χ3v) is 6.28. The van der Waals surface area contributed by atoms with Gasteiger partial charge >= 0.3 is 5.97 Å². The van der Waals surface area contributed by atoms with Crippen molar-refractivity contribution in [3.05, 3.63) is 0 Å². The van der Waals surface area contributed by atoms with E-state index in [4.69, 9.17) is 4.74 Å². The summed E-state index contributed by atoms with van der Waals surface area (Å²) < 4.78 is 5.15. The second-order valence-electron chi connectivity index (χ2n) is 6.37. The molecule has 0 spiro atoms. The van der Waals surface area contributed by atoms with Crippen LogP contribution in [-0.2, 0) is 9.53 Å². The molecule has 1 atom stereocenters. The zero-order valence-electron chi connectivity index (χ0n) is 11.8. The molecule has 0 amide bonds. The van der Waals surface area contributed by atoms with Gasteiger partial charge in [0.05, 0.1) is 7.11 Å². The molecule has 1 unspecified atom stereocenters. The van der Waals surface area contributed by atoms with Gasteiger partial charge in [-0.05, 0) is 44.4 Å². The molecule has 3 aliphatic carbocycles. The number of methoxy groups -OCH3 is 1. The zero-order chi connectivity index (χ0) is 13.3. The van der Waals surface area contributed by atoms with Crippen LogP contribution in [0.2, 0.25) is 0 Å². The molecule has 0 aromatic rings. The molecule has 3 fully saturated rings. The molecule has 0 aromatic heterocycles. The number of ether oxygens (including phenoxy) is 1. The summed E-state index contributed by atoms with van der Waals surface area (Å²) in [5.41, 5.74) is -0.386. The molecule has 108 valence electrons. The molecule has 3 rings (SSSR count). The molecule has 1 N–H and O–H groups in total. The van der Waals surface area contributed by atoms with Gasteiger partial charge in [-0.15, -0.1) is 0 Å². The van der Waals surface area contributed by atoms with E-state index in [2.05, 4.69) is 5.32 Å². The van der Waals surface area contributed by atoms with Crippen LogP contribution in [0.15, 0.2) is 0 Å². The van der Waals surface area contributed by atoms with Gasteiger partial charge in [0.1, 0.15) is 5.54 Å². The molecular formula is C15H25NO2S. The fourth-order valence-corrected chi connectivity index (χ4v) is 4.82. The Hall–Kier alpha value is -0.220. The number of carbonyl (C=O) groups is 1. The highest BCUT2D eigenvalue weighted by Crippen LogP contribution is 2.45. The van der Waals surface area contributed by atoms with Crippen LogP contribution in [0, 0.1) is 5.92 Å². The number of rotatable bonds is 7. The fourth-order valence-electron chi connectivity index (χ4n) is 3.22. The normalized spacial score (nSPS) is 27.2. The molecule has 3 nitrogen and oxygen atoms in total. The summed E-state index contributed by atoms with van der Waals surface area (Å²) in [5.74, 6) is 1.40. The molecule has 19 heavy (non-hydrogen) atoms. The lowest BCUT2D eigenvalue weighted by atomic mass is 9.95. The van der Waals surface area contributed by atoms with Crippen LogP contribution in [0.4, 0.5) is 0 Å². The Morgan fingerprint density at radius 2 is 1.89 bits per heavy atom. The Morgan fingerprint density at radius 1 is 1.21 bits per heavy atom. The van der Waals surface area contributed by atoms with Gasteiger partial charge in [0.2, 0.25) is 0 Å². The Morgan fingerprint density at radius 3 is 2.42 bits per heavy atom. The molecule has 4 heteroatoms. The Balaban J connectivity index is 1.67. The Kier molecular flexibility index (Phi) is 4.08. The highest BCUT2D eigenvalue weighted by atomic mass is 32.2. The summed E-state index contributed by atoms with van der Waals surface area (Å²) in [4.78, 5) is 12.4. The molecule has 3 aliphatic rings. The SMILES string of the molecule is COC(=O)C(CSC1CCCC1)(NC1CC1)C1CC1. The van der Waals surface area contributed by atoms with Crippen LogP contribution < -0.4 is 5.32 Å². The average molecular weight is 283 g/mol. The third-order valence-electron chi connectivity index (χ3n) is 4.71. The van der Waals surface area contributed by atoms with Crippen LogP contribution in [0.25, 0.3) is 0 Å². The first-order chi connectivity index (χ1) is 9.24. The largest absolute Gasteiger partial charge is 0.468 e. The van der Waals surface area contributed by atoms with E-state index in [1.165, 1.54) is 58.5 Å². The van der Waals surface area contributed by atoms with Gasteiger partial charge in [-0.3, -0.25) is 10.1 Å². The summed E-state index contributed by atoms with van der Waals surface area (Å²) in [5, 5.41) is 4.41. The molecule has 0 radical (unpaired) electrons. The number of esters is 1. The van der Waals surface area contributed by atoms with E-state index in [9.17, 15) is 4.79 Å². The van der Waals surface area contributed by atoms with E-state index < -0.39 is 0 Å². The molecular weight excluding hydrogens is 258 g/mol. The predicted molar refractivity (Wildman–Crippen MR) is 78.3 cm³/mol. The minimum Gasteiger partial charge on any atom is -0.468 e. The van der Waals surface area contributed by atoms with Gasteiger partial charge in [0.15, 0.2) is 0 Å². The molecule has 0 bridgehead atoms. The topological polar surface area (TPSA) is 38.3 Å². The highest BCUT2D eigenvalue weighted by Gasteiger charge is 2.53. The van der Waals surface area contributed by atoms with E-state index in [0.29, 0.717) is 12.0 Å². The molecule has 0 heterocycles. The highest BCUT2D eigenvalue weighted by molar-refractivity contribution is 8.00. The van der Waals surface area contributed by atoms with Gasteiger partial charge in [-0.25, -0.2) is 0 Å². The second-order valence-corrected chi connectivity index (χ2v) is 7.66. The zero-order valence-corrected chi connectivity index (χ0v) is 12.6. The summed E-state index contributed by atoms with van der Waals surface area (Å²) in [6.45, 7) is 0. The maximum atomic E-state index is 12.4. The molecule has 0 saturated heterocycles. The maximum Gasteiger partial charge on any atom is 0.327 e. The standard InChI is InChI=1S/C15H25NO2S/c1-18-14(17)15(11-6-7-11,16-12-8-9-12)10-19-13-4-2-3-5-13/h11-13,16H,2-10H2,1H3. The summed E-state index contributed by atoms with van der Waals surface area (Å²) >= 11 is 2.01. The number of thioether (sulfide) groups is 1. The smallest absolute Gasteiger partial charge is 0.327 e. The lowest BCUT2D eigenvalue weighted by Gasteiger charge is -2.33. The van der Waals surface area contributed by atoms with Crippen molar-refractivity contribution in [2.24, 2.45) is 5.92 Å². The summed E-state index contributed by atoms with van der Waals surface area (Å²) in [6, 6.07) is 0.559. The lowest BCUT2D eigenvalue weighted by Crippen LogP contribution is -2.57. The Bertz CT molecular complexity index is 335. The first-order valence-electron chi connectivity index (χ1n) is 7.72. The van der Waals surface area contributed by atoms with Gasteiger partial charge < -0.3 is 4.74 Å². The van der Waals surface area contributed by atoms with Crippen LogP contribution in [0.1, 0.15) is 51.4 Å². The summed E-state index contributed by atoms with van der Waals surface area (Å²) in [7, 11) is 1.54. The number of carbonyl (C=O) groups excluding carboxylic acids is 1. The monoisotopic (exact) mass is 283 g/mol. The van der Waals surface area contributed by atoms with Gasteiger partial charge in [-0.1, -0.05) is 12.8 Å². The van der Waals surface area contributed by atoms with Gasteiger partial charge in [-0.2, -0.15) is 11.8 Å². The van der Waals surface area contributed by atoms with Crippen molar-refractivity contribution in [3.8, 4) is 0 Å². The van der Waals surface area contributed by atoms with Crippen molar-refractivity contribution in [2.45, 2.75) is 68.2 Å². The fraction of sp³-hybridized carbons (Fsp3) is 0.933. The van der Waals surface area contributed by atoms with E-state index >= 15 is 0 Å². The van der Waals surface area contributed by atoms with Gasteiger partial charge in [0.25, 0.3) is 0 Å². The van der Waals surface area contributed by atoms with Crippen molar-refractivity contribution in [1.29, 1.82) is 0 Å². The predicted octanol–water partition coefficient (Wildman–Crippen LogP) is 2.74. The van der Waals surface area contributed by atoms with Crippen molar-refractivity contribution in [2.75, 3.05) is 12.9 Å². The minimum absolute atomic E-state index is 0.0209. The van der Waals surface area contributed by atoms with E-state index in [0.717, 1.165) is 11.0 Å². The maximum absolute atomic E-state index is 12.4. The van der Waals surface area contributed by atoms with Crippen molar-refractivity contribution in [1.82, 2.24) is 5.32 Å². The number of nitrogens with one attached hydrogen (secondary N) is 1. The third kappa shape index (κ3) is 3.10. The van der Waals surface area contributed by atoms with E-state index in [-0.39, 0.29) is 11.5 Å². The first kappa shape index (κ1) is 13.7. The number of hydrogen-bond acceptors (Lipinski definition) is 4. The molecule has 0 aliphatic heterocycles. The lowest BCUT2D eigenvalue weighted by molar-refractivity contribution is -0.148. The summed E-state index contributed by atoms with van der Waals surface area (Å²) in [6.07, 6.45) is 10.2. The first-order valence-corrected chi connectivity index (χ1v) is 8.77. The van der Waals surface area contributed by atoms with Crippen molar-refractivity contribution < 1.29 is 9.53 Å². The molecule has 0 aromatic carbocycles.